The zero-order valence-corrected chi connectivity index (χ0v) is 14.3. The van der Waals surface area contributed by atoms with Gasteiger partial charge in [-0.3, -0.25) is 4.79 Å². The lowest BCUT2D eigenvalue weighted by atomic mass is 10.2. The van der Waals surface area contributed by atoms with Gasteiger partial charge in [-0.05, 0) is 18.9 Å². The van der Waals surface area contributed by atoms with Crippen molar-refractivity contribution in [1.82, 2.24) is 24.9 Å². The van der Waals surface area contributed by atoms with E-state index in [-0.39, 0.29) is 17.1 Å². The molecule has 9 heteroatoms. The molecule has 1 amide bonds. The van der Waals surface area contributed by atoms with Crippen LogP contribution in [0.1, 0.15) is 34.8 Å². The van der Waals surface area contributed by atoms with Crippen LogP contribution in [0.5, 0.6) is 5.75 Å². The van der Waals surface area contributed by atoms with Crippen molar-refractivity contribution in [1.29, 1.82) is 0 Å². The summed E-state index contributed by atoms with van der Waals surface area (Å²) in [6, 6.07) is 2.84. The zero-order chi connectivity index (χ0) is 18.4. The van der Waals surface area contributed by atoms with Crippen molar-refractivity contribution < 1.29 is 13.9 Å². The number of rotatable bonds is 4. The number of fused-ring (bicyclic) bond motifs is 1. The Kier molecular flexibility index (Phi) is 3.71. The van der Waals surface area contributed by atoms with Gasteiger partial charge in [-0.15, -0.1) is 0 Å². The second kappa shape index (κ2) is 5.94. The third-order valence-electron chi connectivity index (χ3n) is 4.39. The molecule has 0 aliphatic heterocycles. The molecule has 0 atom stereocenters. The van der Waals surface area contributed by atoms with Crippen molar-refractivity contribution in [3.63, 3.8) is 0 Å². The highest BCUT2D eigenvalue weighted by molar-refractivity contribution is 5.98. The van der Waals surface area contributed by atoms with Gasteiger partial charge in [0.15, 0.2) is 11.5 Å². The van der Waals surface area contributed by atoms with E-state index in [1.807, 2.05) is 0 Å². The molecule has 3 aromatic heterocycles. The summed E-state index contributed by atoms with van der Waals surface area (Å²) in [7, 11) is 3.03. The van der Waals surface area contributed by atoms with Crippen LogP contribution in [0.15, 0.2) is 18.3 Å². The number of aromatic nitrogens is 4. The lowest BCUT2D eigenvalue weighted by molar-refractivity contribution is 0.0963. The predicted molar refractivity (Wildman–Crippen MR) is 92.5 cm³/mol. The summed E-state index contributed by atoms with van der Waals surface area (Å²) >= 11 is 0. The van der Waals surface area contributed by atoms with Crippen LogP contribution in [-0.2, 0) is 0 Å². The van der Waals surface area contributed by atoms with Crippen LogP contribution in [0.4, 0.5) is 10.2 Å². The van der Waals surface area contributed by atoms with Gasteiger partial charge in [0.2, 0.25) is 0 Å². The number of nitrogens with two attached hydrogens (primary N) is 1. The van der Waals surface area contributed by atoms with Crippen LogP contribution in [0, 0.1) is 5.82 Å². The third kappa shape index (κ3) is 2.52. The molecule has 1 fully saturated rings. The molecule has 1 saturated carbocycles. The van der Waals surface area contributed by atoms with Gasteiger partial charge in [0.25, 0.3) is 5.91 Å². The van der Waals surface area contributed by atoms with Crippen molar-refractivity contribution in [3.05, 3.63) is 35.4 Å². The highest BCUT2D eigenvalue weighted by Crippen LogP contribution is 2.43. The van der Waals surface area contributed by atoms with Gasteiger partial charge >= 0.3 is 0 Å². The van der Waals surface area contributed by atoms with Crippen molar-refractivity contribution >= 4 is 17.4 Å². The summed E-state index contributed by atoms with van der Waals surface area (Å²) in [4.78, 5) is 20.1. The van der Waals surface area contributed by atoms with E-state index in [9.17, 15) is 9.18 Å². The molecule has 26 heavy (non-hydrogen) atoms. The molecule has 8 nitrogen and oxygen atoms in total. The molecule has 0 unspecified atom stereocenters. The summed E-state index contributed by atoms with van der Waals surface area (Å²) in [6.45, 7) is 0. The molecule has 3 N–H and O–H groups in total. The predicted octanol–water partition coefficient (Wildman–Crippen LogP) is 1.76. The number of pyridine rings is 1. The van der Waals surface area contributed by atoms with Crippen molar-refractivity contribution in [2.24, 2.45) is 0 Å². The second-order valence-corrected chi connectivity index (χ2v) is 6.12. The summed E-state index contributed by atoms with van der Waals surface area (Å²) in [5.41, 5.74) is 7.50. The summed E-state index contributed by atoms with van der Waals surface area (Å²) in [5.74, 6) is -0.238. The van der Waals surface area contributed by atoms with Crippen LogP contribution < -0.4 is 15.8 Å². The highest BCUT2D eigenvalue weighted by Gasteiger charge is 2.30. The van der Waals surface area contributed by atoms with E-state index >= 15 is 0 Å². The van der Waals surface area contributed by atoms with Gasteiger partial charge in [0.05, 0.1) is 18.9 Å². The smallest absolute Gasteiger partial charge is 0.254 e. The minimum Gasteiger partial charge on any atom is -0.495 e. The molecular weight excluding hydrogens is 339 g/mol. The Morgan fingerprint density at radius 3 is 2.85 bits per heavy atom. The highest BCUT2D eigenvalue weighted by atomic mass is 19.1. The molecular formula is C17H17FN6O2. The monoisotopic (exact) mass is 356 g/mol. The third-order valence-corrected chi connectivity index (χ3v) is 4.39. The van der Waals surface area contributed by atoms with Crippen LogP contribution in [0.2, 0.25) is 0 Å². The quantitative estimate of drug-likeness (QED) is 0.737. The number of halogens is 1. The van der Waals surface area contributed by atoms with E-state index in [0.717, 1.165) is 24.6 Å². The van der Waals surface area contributed by atoms with E-state index in [1.165, 1.54) is 17.8 Å². The molecule has 0 spiro atoms. The van der Waals surface area contributed by atoms with Crippen LogP contribution >= 0.6 is 0 Å². The SMILES string of the molecule is CNC(=O)c1cc(F)c(-c2cnc3cc(OC)c(C4CC4)nn23)nc1N. The average molecular weight is 356 g/mol. The number of hydrogen-bond acceptors (Lipinski definition) is 6. The van der Waals surface area contributed by atoms with Gasteiger partial charge in [0, 0.05) is 19.0 Å². The van der Waals surface area contributed by atoms with E-state index in [1.54, 1.807) is 13.2 Å². The first-order chi connectivity index (χ1) is 12.5. The number of carbonyl (C=O) groups excluding carboxylic acids is 1. The molecule has 1 aliphatic carbocycles. The zero-order valence-electron chi connectivity index (χ0n) is 14.3. The van der Waals surface area contributed by atoms with Crippen molar-refractivity contribution in [2.45, 2.75) is 18.8 Å². The fraction of sp³-hybridized carbons (Fsp3) is 0.294. The molecule has 4 rings (SSSR count). The van der Waals surface area contributed by atoms with Gasteiger partial charge in [0.1, 0.15) is 28.6 Å². The molecule has 0 radical (unpaired) electrons. The van der Waals surface area contributed by atoms with Gasteiger partial charge in [-0.25, -0.2) is 18.9 Å². The Morgan fingerprint density at radius 1 is 1.42 bits per heavy atom. The number of ether oxygens (including phenoxy) is 1. The largest absolute Gasteiger partial charge is 0.495 e. The Morgan fingerprint density at radius 2 is 2.19 bits per heavy atom. The normalized spacial score (nSPS) is 13.8. The number of nitrogens with zero attached hydrogens (tertiary/aromatic N) is 4. The maximum Gasteiger partial charge on any atom is 0.254 e. The molecule has 3 aromatic rings. The van der Waals surface area contributed by atoms with Crippen molar-refractivity contribution in [2.75, 3.05) is 19.9 Å². The lowest BCUT2D eigenvalue weighted by Gasteiger charge is -2.10. The number of nitrogen functional groups attached to an aromatic ring is 1. The average Bonchev–Trinajstić information content (AvgIpc) is 3.41. The Balaban J connectivity index is 1.88. The van der Waals surface area contributed by atoms with Crippen LogP contribution in [-0.4, -0.2) is 39.6 Å². The topological polar surface area (TPSA) is 107 Å². The first kappa shape index (κ1) is 16.2. The van der Waals surface area contributed by atoms with Gasteiger partial charge in [-0.1, -0.05) is 0 Å². The standard InChI is InChI=1S/C17H17FN6O2/c1-20-17(25)9-5-10(18)15(22-16(9)19)11-7-21-13-6-12(26-2)14(8-3-4-8)23-24(11)13/h5-8H,3-4H2,1-2H3,(H2,19,22)(H,20,25). The molecule has 3 heterocycles. The minimum absolute atomic E-state index is 0.0120. The summed E-state index contributed by atoms with van der Waals surface area (Å²) < 4.78 is 21.6. The lowest BCUT2D eigenvalue weighted by Crippen LogP contribution is -2.20. The number of methoxy groups -OCH3 is 1. The van der Waals surface area contributed by atoms with Crippen molar-refractivity contribution in [3.8, 4) is 17.1 Å². The number of nitrogens with one attached hydrogen (secondary N) is 1. The Labute approximate surface area is 148 Å². The molecule has 134 valence electrons. The fourth-order valence-corrected chi connectivity index (χ4v) is 2.88. The number of carbonyl (C=O) groups is 1. The maximum atomic E-state index is 14.6. The number of imidazole rings is 1. The summed E-state index contributed by atoms with van der Waals surface area (Å²) in [5, 5.41) is 6.99. The second-order valence-electron chi connectivity index (χ2n) is 6.12. The Bertz CT molecular complexity index is 1030. The maximum absolute atomic E-state index is 14.6. The van der Waals surface area contributed by atoms with E-state index in [0.29, 0.717) is 23.0 Å². The van der Waals surface area contributed by atoms with Crippen LogP contribution in [0.3, 0.4) is 0 Å². The first-order valence-corrected chi connectivity index (χ1v) is 8.14. The number of hydrogen-bond donors (Lipinski definition) is 2. The molecule has 1 aliphatic rings. The van der Waals surface area contributed by atoms with Gasteiger partial charge < -0.3 is 15.8 Å². The Hall–Kier alpha value is -3.23. The molecule has 0 aromatic carbocycles. The van der Waals surface area contributed by atoms with E-state index < -0.39 is 11.7 Å². The fourth-order valence-electron chi connectivity index (χ4n) is 2.88. The van der Waals surface area contributed by atoms with E-state index in [4.69, 9.17) is 10.5 Å². The summed E-state index contributed by atoms with van der Waals surface area (Å²) in [6.07, 6.45) is 3.56. The first-order valence-electron chi connectivity index (χ1n) is 8.14. The van der Waals surface area contributed by atoms with Crippen LogP contribution in [0.25, 0.3) is 17.0 Å². The molecule has 0 saturated heterocycles. The molecule has 0 bridgehead atoms. The van der Waals surface area contributed by atoms with Gasteiger partial charge in [-0.2, -0.15) is 5.10 Å². The minimum atomic E-state index is -0.676. The number of anilines is 1. The number of amides is 1. The van der Waals surface area contributed by atoms with E-state index in [2.05, 4.69) is 20.4 Å².